The fourth-order valence-corrected chi connectivity index (χ4v) is 2.24. The molecule has 0 amide bonds. The van der Waals surface area contributed by atoms with Crippen molar-refractivity contribution in [3.8, 4) is 0 Å². The Morgan fingerprint density at radius 1 is 1.58 bits per heavy atom. The summed E-state index contributed by atoms with van der Waals surface area (Å²) in [7, 11) is 0. The maximum Gasteiger partial charge on any atom is 0.330 e. The molecule has 1 saturated heterocycles. The summed E-state index contributed by atoms with van der Waals surface area (Å²) in [5.74, 6) is 0. The monoisotopic (exact) mass is 332 g/mol. The van der Waals surface area contributed by atoms with E-state index >= 15 is 0 Å². The number of aromatic amines is 1. The van der Waals surface area contributed by atoms with Crippen molar-refractivity contribution in [2.75, 3.05) is 6.61 Å². The molecule has 3 unspecified atom stereocenters. The molecule has 0 bridgehead atoms. The van der Waals surface area contributed by atoms with Gasteiger partial charge in [-0.1, -0.05) is 15.9 Å². The smallest absolute Gasteiger partial charge is 0.330 e. The maximum atomic E-state index is 11.7. The molecule has 0 aliphatic carbocycles. The van der Waals surface area contributed by atoms with Crippen LogP contribution in [0.4, 0.5) is 0 Å². The molecule has 8 heteroatoms. The van der Waals surface area contributed by atoms with Gasteiger partial charge in [-0.2, -0.15) is 0 Å². The summed E-state index contributed by atoms with van der Waals surface area (Å²) >= 11 is 3.05. The van der Waals surface area contributed by atoms with E-state index in [2.05, 4.69) is 20.9 Å². The highest BCUT2D eigenvalue weighted by atomic mass is 79.9. The summed E-state index contributed by atoms with van der Waals surface area (Å²) < 4.78 is 6.56. The van der Waals surface area contributed by atoms with Crippen molar-refractivity contribution in [2.24, 2.45) is 0 Å². The Labute approximate surface area is 116 Å². The first-order chi connectivity index (χ1) is 9.06. The maximum absolute atomic E-state index is 11.7. The highest BCUT2D eigenvalue weighted by molar-refractivity contribution is 9.11. The van der Waals surface area contributed by atoms with Crippen LogP contribution in [0, 0.1) is 0 Å². The molecule has 0 saturated carbocycles. The van der Waals surface area contributed by atoms with Crippen LogP contribution in [0.3, 0.4) is 0 Å². The average Bonchev–Trinajstić information content (AvgIpc) is 2.74. The lowest BCUT2D eigenvalue weighted by Gasteiger charge is -2.14. The number of aromatic nitrogens is 2. The zero-order valence-corrected chi connectivity index (χ0v) is 11.4. The average molecular weight is 333 g/mol. The Morgan fingerprint density at radius 2 is 2.32 bits per heavy atom. The van der Waals surface area contributed by atoms with Crippen LogP contribution in [0.5, 0.6) is 0 Å². The van der Waals surface area contributed by atoms with E-state index in [0.717, 1.165) is 0 Å². The van der Waals surface area contributed by atoms with Crippen LogP contribution in [0.1, 0.15) is 18.2 Å². The molecular formula is C11H13BrN2O5. The SMILES string of the molecule is O=c1[nH]c(=O)n(C2CC(O)C(CO)O2)cc1/C=C\Br. The molecule has 0 aromatic carbocycles. The Kier molecular flexibility index (Phi) is 4.35. The topological polar surface area (TPSA) is 105 Å². The molecule has 1 aromatic heterocycles. The Bertz CT molecular complexity index is 593. The number of rotatable bonds is 3. The van der Waals surface area contributed by atoms with Gasteiger partial charge in [-0.15, -0.1) is 0 Å². The van der Waals surface area contributed by atoms with Gasteiger partial charge in [0, 0.05) is 12.6 Å². The van der Waals surface area contributed by atoms with E-state index in [-0.39, 0.29) is 18.6 Å². The van der Waals surface area contributed by atoms with Gasteiger partial charge in [-0.25, -0.2) is 4.79 Å². The van der Waals surface area contributed by atoms with E-state index in [1.54, 1.807) is 0 Å². The Morgan fingerprint density at radius 3 is 2.89 bits per heavy atom. The first-order valence-corrected chi connectivity index (χ1v) is 6.55. The summed E-state index contributed by atoms with van der Waals surface area (Å²) in [6, 6.07) is 0. The third-order valence-corrected chi connectivity index (χ3v) is 3.20. The van der Waals surface area contributed by atoms with Crippen LogP contribution < -0.4 is 11.2 Å². The van der Waals surface area contributed by atoms with E-state index in [0.29, 0.717) is 0 Å². The minimum atomic E-state index is -0.844. The first-order valence-electron chi connectivity index (χ1n) is 5.63. The van der Waals surface area contributed by atoms with Crippen LogP contribution in [0.15, 0.2) is 20.8 Å². The second kappa shape index (κ2) is 5.83. The van der Waals surface area contributed by atoms with Crippen molar-refractivity contribution in [2.45, 2.75) is 24.9 Å². The number of H-pyrrole nitrogens is 1. The van der Waals surface area contributed by atoms with E-state index in [1.165, 1.54) is 21.8 Å². The lowest BCUT2D eigenvalue weighted by molar-refractivity contribution is -0.0459. The molecule has 1 aromatic rings. The number of hydrogen-bond acceptors (Lipinski definition) is 5. The summed E-state index contributed by atoms with van der Waals surface area (Å²) in [6.45, 7) is -0.329. The molecule has 19 heavy (non-hydrogen) atoms. The Hall–Kier alpha value is -1.22. The van der Waals surface area contributed by atoms with Crippen molar-refractivity contribution in [3.63, 3.8) is 0 Å². The molecule has 1 fully saturated rings. The molecule has 2 rings (SSSR count). The second-order valence-electron chi connectivity index (χ2n) is 4.16. The molecular weight excluding hydrogens is 320 g/mol. The predicted molar refractivity (Wildman–Crippen MR) is 70.9 cm³/mol. The van der Waals surface area contributed by atoms with E-state index < -0.39 is 29.7 Å². The molecule has 0 spiro atoms. The van der Waals surface area contributed by atoms with Gasteiger partial charge in [-0.3, -0.25) is 14.3 Å². The first kappa shape index (κ1) is 14.2. The summed E-state index contributed by atoms with van der Waals surface area (Å²) in [5, 5.41) is 18.7. The third-order valence-electron chi connectivity index (χ3n) is 2.93. The number of nitrogens with zero attached hydrogens (tertiary/aromatic N) is 1. The van der Waals surface area contributed by atoms with Gasteiger partial charge in [0.1, 0.15) is 12.3 Å². The van der Waals surface area contributed by atoms with Crippen molar-refractivity contribution >= 4 is 22.0 Å². The van der Waals surface area contributed by atoms with Gasteiger partial charge in [0.25, 0.3) is 5.56 Å². The fraction of sp³-hybridized carbons (Fsp3) is 0.455. The summed E-state index contributed by atoms with van der Waals surface area (Å²) in [6.07, 6.45) is 0.746. The lowest BCUT2D eigenvalue weighted by Crippen LogP contribution is -2.33. The number of hydrogen-bond donors (Lipinski definition) is 3. The minimum Gasteiger partial charge on any atom is -0.394 e. The fourth-order valence-electron chi connectivity index (χ4n) is 1.95. The number of aliphatic hydroxyl groups excluding tert-OH is 2. The van der Waals surface area contributed by atoms with E-state index in [9.17, 15) is 14.7 Å². The summed E-state index contributed by atoms with van der Waals surface area (Å²) in [5.41, 5.74) is -0.844. The van der Waals surface area contributed by atoms with E-state index in [1.807, 2.05) is 0 Å². The minimum absolute atomic E-state index is 0.175. The van der Waals surface area contributed by atoms with Gasteiger partial charge in [0.05, 0.1) is 18.3 Å². The van der Waals surface area contributed by atoms with Crippen LogP contribution in [-0.4, -0.2) is 38.6 Å². The molecule has 3 atom stereocenters. The van der Waals surface area contributed by atoms with Crippen LogP contribution in [-0.2, 0) is 4.74 Å². The molecule has 104 valence electrons. The van der Waals surface area contributed by atoms with Gasteiger partial charge in [0.2, 0.25) is 0 Å². The second-order valence-corrected chi connectivity index (χ2v) is 4.69. The van der Waals surface area contributed by atoms with Gasteiger partial charge >= 0.3 is 5.69 Å². The number of nitrogens with one attached hydrogen (secondary N) is 1. The highest BCUT2D eigenvalue weighted by Crippen LogP contribution is 2.27. The largest absolute Gasteiger partial charge is 0.394 e. The van der Waals surface area contributed by atoms with Gasteiger partial charge in [0.15, 0.2) is 0 Å². The van der Waals surface area contributed by atoms with Crippen molar-refractivity contribution in [1.29, 1.82) is 0 Å². The molecule has 0 radical (unpaired) electrons. The summed E-state index contributed by atoms with van der Waals surface area (Å²) in [4.78, 5) is 26.9. The van der Waals surface area contributed by atoms with Crippen LogP contribution in [0.2, 0.25) is 0 Å². The zero-order chi connectivity index (χ0) is 14.0. The number of aliphatic hydroxyl groups is 2. The Balaban J connectivity index is 2.38. The standard InChI is InChI=1S/C11H13BrN2O5/c12-2-1-6-4-14(11(18)13-10(6)17)9-3-7(16)8(5-15)19-9/h1-2,4,7-9,15-16H,3,5H2,(H,13,17,18)/b2-1-. The predicted octanol–water partition coefficient (Wildman–Crippen LogP) is -0.457. The van der Waals surface area contributed by atoms with Crippen molar-refractivity contribution < 1.29 is 14.9 Å². The van der Waals surface area contributed by atoms with Gasteiger partial charge in [-0.05, 0) is 11.1 Å². The molecule has 1 aliphatic rings. The molecule has 3 N–H and O–H groups in total. The highest BCUT2D eigenvalue weighted by Gasteiger charge is 2.35. The number of ether oxygens (including phenoxy) is 1. The zero-order valence-electron chi connectivity index (χ0n) is 9.82. The van der Waals surface area contributed by atoms with Crippen LogP contribution >= 0.6 is 15.9 Å². The van der Waals surface area contributed by atoms with Crippen molar-refractivity contribution in [3.05, 3.63) is 37.6 Å². The van der Waals surface area contributed by atoms with E-state index in [4.69, 9.17) is 9.84 Å². The number of halogens is 1. The molecule has 2 heterocycles. The molecule has 1 aliphatic heterocycles. The quantitative estimate of drug-likeness (QED) is 0.695. The normalized spacial score (nSPS) is 27.2. The third kappa shape index (κ3) is 2.86. The lowest BCUT2D eigenvalue weighted by atomic mass is 10.2. The van der Waals surface area contributed by atoms with Crippen molar-refractivity contribution in [1.82, 2.24) is 9.55 Å². The molecule has 7 nitrogen and oxygen atoms in total. The van der Waals surface area contributed by atoms with Crippen LogP contribution in [0.25, 0.3) is 6.08 Å². The van der Waals surface area contributed by atoms with Gasteiger partial charge < -0.3 is 14.9 Å².